The average molecular weight is 566 g/mol. The van der Waals surface area contributed by atoms with Gasteiger partial charge < -0.3 is 10.6 Å². The Hall–Kier alpha value is -2.23. The van der Waals surface area contributed by atoms with E-state index in [2.05, 4.69) is 20.6 Å². The van der Waals surface area contributed by atoms with Crippen LogP contribution in [0, 0.1) is 11.3 Å². The van der Waals surface area contributed by atoms with Crippen molar-refractivity contribution in [2.24, 2.45) is 0 Å². The molecule has 0 saturated carbocycles. The van der Waals surface area contributed by atoms with Crippen LogP contribution in [0.15, 0.2) is 75.9 Å². The molecule has 0 amide bonds. The van der Waals surface area contributed by atoms with Gasteiger partial charge >= 0.3 is 0 Å². The lowest BCUT2D eigenvalue weighted by atomic mass is 10.4. The van der Waals surface area contributed by atoms with Crippen LogP contribution in [0.2, 0.25) is 5.02 Å². The van der Waals surface area contributed by atoms with Crippen LogP contribution < -0.4 is 10.6 Å². The monoisotopic (exact) mass is 565 g/mol. The van der Waals surface area contributed by atoms with Crippen molar-refractivity contribution in [3.05, 3.63) is 86.7 Å². The molecule has 0 unspecified atom stereocenters. The summed E-state index contributed by atoms with van der Waals surface area (Å²) in [6.07, 6.45) is 3.47. The molecule has 3 aromatic rings. The zero-order chi connectivity index (χ0) is 24.9. The highest BCUT2D eigenvalue weighted by Crippen LogP contribution is 2.21. The van der Waals surface area contributed by atoms with Gasteiger partial charge in [0, 0.05) is 53.9 Å². The van der Waals surface area contributed by atoms with E-state index in [0.29, 0.717) is 29.6 Å². The molecular weight excluding hydrogens is 542 g/mol. The highest BCUT2D eigenvalue weighted by Gasteiger charge is 2.25. The lowest BCUT2D eigenvalue weighted by molar-refractivity contribution is 0.601. The summed E-state index contributed by atoms with van der Waals surface area (Å²) in [6.45, 7) is 0.948. The Labute approximate surface area is 223 Å². The number of nitrogens with one attached hydrogen (secondary N) is 2. The van der Waals surface area contributed by atoms with Gasteiger partial charge in [-0.3, -0.25) is 4.98 Å². The molecule has 12 heteroatoms. The van der Waals surface area contributed by atoms with Crippen molar-refractivity contribution >= 4 is 56.3 Å². The van der Waals surface area contributed by atoms with Crippen LogP contribution >= 0.6 is 46.5 Å². The zero-order valence-corrected chi connectivity index (χ0v) is 22.7. The number of sulfone groups is 1. The number of nitrogens with zero attached hydrogens (tertiary/aromatic N) is 3. The molecule has 3 rings (SSSR count). The topological polar surface area (TPSA) is 108 Å². The van der Waals surface area contributed by atoms with Crippen molar-refractivity contribution in [2.45, 2.75) is 16.4 Å². The summed E-state index contributed by atoms with van der Waals surface area (Å²) in [6, 6.07) is 13.5. The van der Waals surface area contributed by atoms with Gasteiger partial charge in [-0.15, -0.1) is 11.3 Å². The van der Waals surface area contributed by atoms with Gasteiger partial charge in [0.2, 0.25) is 9.84 Å². The number of rotatable bonds is 14. The van der Waals surface area contributed by atoms with Crippen molar-refractivity contribution in [1.82, 2.24) is 20.6 Å². The summed E-state index contributed by atoms with van der Waals surface area (Å²) in [5, 5.41) is 19.6. The molecule has 35 heavy (non-hydrogen) atoms. The van der Waals surface area contributed by atoms with Crippen molar-refractivity contribution in [1.29, 1.82) is 5.26 Å². The summed E-state index contributed by atoms with van der Waals surface area (Å²) in [4.78, 5) is 8.28. The Kier molecular flexibility index (Phi) is 11.2. The molecule has 0 fully saturated rings. The maximum Gasteiger partial charge on any atom is 0.220 e. The van der Waals surface area contributed by atoms with Crippen molar-refractivity contribution < 1.29 is 8.42 Å². The summed E-state index contributed by atoms with van der Waals surface area (Å²) in [5.74, 6) is 3.02. The van der Waals surface area contributed by atoms with E-state index in [4.69, 9.17) is 11.6 Å². The molecule has 0 atom stereocenters. The molecule has 2 aromatic heterocycles. The molecule has 7 nitrogen and oxygen atoms in total. The molecule has 1 aromatic carbocycles. The number of benzene rings is 1. The van der Waals surface area contributed by atoms with Gasteiger partial charge in [-0.05, 0) is 24.3 Å². The van der Waals surface area contributed by atoms with E-state index in [9.17, 15) is 13.7 Å². The highest BCUT2D eigenvalue weighted by molar-refractivity contribution is 7.98. The zero-order valence-electron chi connectivity index (χ0n) is 18.7. The third-order valence-electron chi connectivity index (χ3n) is 4.53. The number of allylic oxidation sites excluding steroid dienone is 1. The van der Waals surface area contributed by atoms with Gasteiger partial charge in [-0.2, -0.15) is 28.8 Å². The molecule has 0 aliphatic heterocycles. The van der Waals surface area contributed by atoms with E-state index in [1.807, 2.05) is 11.4 Å². The Morgan fingerprint density at radius 3 is 2.34 bits per heavy atom. The molecule has 0 bridgehead atoms. The standard InChI is InChI=1S/C23H24ClN5O2S4/c24-19-7-4-8-26-20(19)16-32-12-9-28-23(29-10-13-33-17-22-27-11-14-34-22)21(15-25)35(30,31)18-5-2-1-3-6-18/h1-8,11,14,28-29H,9-10,12-13,16-17H2. The van der Waals surface area contributed by atoms with Crippen LogP contribution in [0.1, 0.15) is 10.7 Å². The van der Waals surface area contributed by atoms with E-state index in [1.54, 1.807) is 77.6 Å². The second-order valence-corrected chi connectivity index (χ2v) is 12.4. The van der Waals surface area contributed by atoms with E-state index in [0.717, 1.165) is 22.2 Å². The Balaban J connectivity index is 1.64. The summed E-state index contributed by atoms with van der Waals surface area (Å²) >= 11 is 11.1. The number of thioether (sulfide) groups is 2. The van der Waals surface area contributed by atoms with Gasteiger partial charge in [-0.1, -0.05) is 29.8 Å². The minimum Gasteiger partial charge on any atom is -0.369 e. The minimum absolute atomic E-state index is 0.0787. The van der Waals surface area contributed by atoms with E-state index >= 15 is 0 Å². The lowest BCUT2D eigenvalue weighted by Crippen LogP contribution is -2.32. The molecule has 184 valence electrons. The normalized spacial score (nSPS) is 12.0. The number of hydrogen-bond donors (Lipinski definition) is 2. The Bertz CT molecular complexity index is 1250. The van der Waals surface area contributed by atoms with Gasteiger partial charge in [0.05, 0.1) is 15.6 Å². The second kappa shape index (κ2) is 14.4. The van der Waals surface area contributed by atoms with E-state index < -0.39 is 9.84 Å². The fourth-order valence-electron chi connectivity index (χ4n) is 2.86. The summed E-state index contributed by atoms with van der Waals surface area (Å²) < 4.78 is 26.3. The summed E-state index contributed by atoms with van der Waals surface area (Å²) in [7, 11) is -3.98. The second-order valence-electron chi connectivity index (χ2n) is 6.95. The molecule has 0 saturated heterocycles. The minimum atomic E-state index is -3.98. The number of nitriles is 1. The number of aromatic nitrogens is 2. The van der Waals surface area contributed by atoms with E-state index in [-0.39, 0.29) is 15.6 Å². The average Bonchev–Trinajstić information content (AvgIpc) is 3.38. The first-order chi connectivity index (χ1) is 17.0. The first-order valence-electron chi connectivity index (χ1n) is 10.6. The highest BCUT2D eigenvalue weighted by atomic mass is 35.5. The first-order valence-corrected chi connectivity index (χ1v) is 15.6. The lowest BCUT2D eigenvalue weighted by Gasteiger charge is -2.16. The molecule has 0 aliphatic carbocycles. The molecule has 2 heterocycles. The quantitative estimate of drug-likeness (QED) is 0.212. The van der Waals surface area contributed by atoms with Gasteiger partial charge in [0.1, 0.15) is 16.9 Å². The first kappa shape index (κ1) is 27.4. The fourth-order valence-corrected chi connectivity index (χ4v) is 6.79. The predicted octanol–water partition coefficient (Wildman–Crippen LogP) is 4.70. The van der Waals surface area contributed by atoms with Crippen molar-refractivity contribution in [3.63, 3.8) is 0 Å². The van der Waals surface area contributed by atoms with Crippen LogP contribution in [0.3, 0.4) is 0 Å². The van der Waals surface area contributed by atoms with Gasteiger partial charge in [-0.25, -0.2) is 13.4 Å². The molecule has 0 aliphatic rings. The third kappa shape index (κ3) is 8.44. The Morgan fingerprint density at radius 1 is 1.00 bits per heavy atom. The SMILES string of the molecule is N#CC(=C(NCCSCc1nccs1)NCCSCc1ncccc1Cl)S(=O)(=O)c1ccccc1. The maximum absolute atomic E-state index is 13.2. The van der Waals surface area contributed by atoms with Crippen molar-refractivity contribution in [3.8, 4) is 6.07 Å². The largest absolute Gasteiger partial charge is 0.369 e. The van der Waals surface area contributed by atoms with Crippen LogP contribution in [0.4, 0.5) is 0 Å². The Morgan fingerprint density at radius 2 is 1.71 bits per heavy atom. The van der Waals surface area contributed by atoms with Crippen LogP contribution in [-0.4, -0.2) is 43.0 Å². The van der Waals surface area contributed by atoms with Crippen LogP contribution in [0.5, 0.6) is 0 Å². The number of halogens is 1. The molecule has 0 radical (unpaired) electrons. The summed E-state index contributed by atoms with van der Waals surface area (Å²) in [5.41, 5.74) is 0.801. The smallest absolute Gasteiger partial charge is 0.220 e. The van der Waals surface area contributed by atoms with Gasteiger partial charge in [0.25, 0.3) is 0 Å². The number of pyridine rings is 1. The fraction of sp³-hybridized carbons (Fsp3) is 0.261. The van der Waals surface area contributed by atoms with Crippen LogP contribution in [-0.2, 0) is 21.3 Å². The van der Waals surface area contributed by atoms with Crippen molar-refractivity contribution in [2.75, 3.05) is 24.6 Å². The number of thiazole rings is 1. The molecule has 0 spiro atoms. The number of hydrogen-bond acceptors (Lipinski definition) is 10. The predicted molar refractivity (Wildman–Crippen MR) is 146 cm³/mol. The van der Waals surface area contributed by atoms with Crippen LogP contribution in [0.25, 0.3) is 0 Å². The molecule has 2 N–H and O–H groups in total. The molecular formula is C23H24ClN5O2S4. The van der Waals surface area contributed by atoms with Gasteiger partial charge in [0.15, 0.2) is 4.91 Å². The van der Waals surface area contributed by atoms with E-state index in [1.165, 1.54) is 12.1 Å². The maximum atomic E-state index is 13.2. The third-order valence-corrected chi connectivity index (χ3v) is 9.50.